The number of nitrogens with one attached hydrogen (secondary N) is 1. The fraction of sp³-hybridized carbons (Fsp3) is 0.250. The molecule has 26 heavy (non-hydrogen) atoms. The Morgan fingerprint density at radius 2 is 2.00 bits per heavy atom. The van der Waals surface area contributed by atoms with Crippen LogP contribution < -0.4 is 15.0 Å². The van der Waals surface area contributed by atoms with Gasteiger partial charge >= 0.3 is 6.61 Å². The summed E-state index contributed by atoms with van der Waals surface area (Å²) in [5.74, 6) is 0.165. The number of carbonyl (C=O) groups is 1. The summed E-state index contributed by atoms with van der Waals surface area (Å²) in [6, 6.07) is 14.7. The van der Waals surface area contributed by atoms with Crippen LogP contribution in [-0.2, 0) is 11.2 Å². The number of rotatable bonds is 6. The molecule has 0 saturated heterocycles. The van der Waals surface area contributed by atoms with E-state index in [0.717, 1.165) is 17.8 Å². The number of halogens is 2. The van der Waals surface area contributed by atoms with Gasteiger partial charge in [0.25, 0.3) is 0 Å². The first-order chi connectivity index (χ1) is 12.6. The van der Waals surface area contributed by atoms with Gasteiger partial charge in [-0.2, -0.15) is 8.78 Å². The zero-order chi connectivity index (χ0) is 18.5. The Balaban J connectivity index is 1.82. The smallest absolute Gasteiger partial charge is 0.387 e. The molecule has 1 amide bonds. The van der Waals surface area contributed by atoms with Crippen molar-refractivity contribution in [1.29, 1.82) is 0 Å². The van der Waals surface area contributed by atoms with E-state index in [9.17, 15) is 13.6 Å². The van der Waals surface area contributed by atoms with E-state index in [0.29, 0.717) is 13.1 Å². The van der Waals surface area contributed by atoms with Gasteiger partial charge in [-0.05, 0) is 54.3 Å². The zero-order valence-corrected chi connectivity index (χ0v) is 14.2. The number of fused-ring (bicyclic) bond motifs is 1. The van der Waals surface area contributed by atoms with E-state index in [1.807, 2.05) is 18.2 Å². The lowest BCUT2D eigenvalue weighted by atomic mass is 9.92. The third-order valence-corrected chi connectivity index (χ3v) is 4.36. The molecule has 1 unspecified atom stereocenters. The van der Waals surface area contributed by atoms with Crippen molar-refractivity contribution in [3.8, 4) is 5.75 Å². The average Bonchev–Trinajstić information content (AvgIpc) is 2.65. The van der Waals surface area contributed by atoms with E-state index < -0.39 is 6.61 Å². The van der Waals surface area contributed by atoms with E-state index in [2.05, 4.69) is 27.6 Å². The molecule has 136 valence electrons. The highest BCUT2D eigenvalue weighted by molar-refractivity contribution is 5.86. The van der Waals surface area contributed by atoms with Gasteiger partial charge in [0, 0.05) is 24.5 Å². The second kappa shape index (κ2) is 7.99. The molecule has 6 heteroatoms. The van der Waals surface area contributed by atoms with Gasteiger partial charge in [0.05, 0.1) is 0 Å². The molecule has 1 aliphatic heterocycles. The molecular weight excluding hydrogens is 338 g/mol. The molecule has 0 aliphatic carbocycles. The molecule has 2 aromatic rings. The Morgan fingerprint density at radius 1 is 1.27 bits per heavy atom. The Bertz CT molecular complexity index is 778. The number of hydrogen-bond acceptors (Lipinski definition) is 3. The van der Waals surface area contributed by atoms with Gasteiger partial charge in [0.1, 0.15) is 5.75 Å². The number of benzene rings is 2. The van der Waals surface area contributed by atoms with Gasteiger partial charge in [-0.15, -0.1) is 0 Å². The van der Waals surface area contributed by atoms with Crippen LogP contribution in [0.3, 0.4) is 0 Å². The molecule has 2 aromatic carbocycles. The summed E-state index contributed by atoms with van der Waals surface area (Å²) < 4.78 is 29.1. The lowest BCUT2D eigenvalue weighted by Gasteiger charge is -2.36. The fourth-order valence-corrected chi connectivity index (χ4v) is 3.18. The topological polar surface area (TPSA) is 41.6 Å². The Hall–Kier alpha value is -2.89. The second-order valence-corrected chi connectivity index (χ2v) is 6.13. The van der Waals surface area contributed by atoms with Crippen LogP contribution >= 0.6 is 0 Å². The predicted molar refractivity (Wildman–Crippen MR) is 96.9 cm³/mol. The summed E-state index contributed by atoms with van der Waals surface area (Å²) in [7, 11) is 0. The number of anilines is 2. The highest BCUT2D eigenvalue weighted by Crippen LogP contribution is 2.35. The quantitative estimate of drug-likeness (QED) is 0.797. The summed E-state index contributed by atoms with van der Waals surface area (Å²) in [6.45, 7) is 1.88. The van der Waals surface area contributed by atoms with Gasteiger partial charge in [-0.3, -0.25) is 4.79 Å². The molecule has 0 bridgehead atoms. The second-order valence-electron chi connectivity index (χ2n) is 6.13. The first-order valence-electron chi connectivity index (χ1n) is 8.37. The molecule has 0 spiro atoms. The van der Waals surface area contributed by atoms with E-state index in [1.54, 1.807) is 12.1 Å². The average molecular weight is 358 g/mol. The third-order valence-electron chi connectivity index (χ3n) is 4.36. The van der Waals surface area contributed by atoms with Crippen molar-refractivity contribution in [2.24, 2.45) is 5.92 Å². The Kier molecular flexibility index (Phi) is 5.51. The van der Waals surface area contributed by atoms with Gasteiger partial charge in [0.2, 0.25) is 5.91 Å². The highest BCUT2D eigenvalue weighted by atomic mass is 19.3. The number of carbonyl (C=O) groups excluding carboxylic acids is 1. The number of ether oxygens (including phenoxy) is 1. The zero-order valence-electron chi connectivity index (χ0n) is 14.2. The maximum atomic E-state index is 12.3. The van der Waals surface area contributed by atoms with E-state index in [-0.39, 0.29) is 17.6 Å². The van der Waals surface area contributed by atoms with Crippen molar-refractivity contribution in [2.45, 2.75) is 13.0 Å². The largest absolute Gasteiger partial charge is 0.435 e. The Morgan fingerprint density at radius 3 is 2.69 bits per heavy atom. The molecule has 0 fully saturated rings. The first kappa shape index (κ1) is 17.9. The molecule has 0 saturated carbocycles. The lowest BCUT2D eigenvalue weighted by molar-refractivity contribution is -0.116. The summed E-state index contributed by atoms with van der Waals surface area (Å²) >= 11 is 0. The molecule has 1 aliphatic rings. The molecule has 0 aromatic heterocycles. The maximum Gasteiger partial charge on any atom is 0.387 e. The van der Waals surface area contributed by atoms with Gasteiger partial charge in [-0.1, -0.05) is 24.8 Å². The molecule has 1 heterocycles. The fourth-order valence-electron chi connectivity index (χ4n) is 3.18. The minimum Gasteiger partial charge on any atom is -0.435 e. The van der Waals surface area contributed by atoms with Crippen LogP contribution in [0, 0.1) is 5.92 Å². The van der Waals surface area contributed by atoms with Crippen LogP contribution in [0.5, 0.6) is 5.75 Å². The minimum absolute atomic E-state index is 0.129. The Labute approximate surface area is 151 Å². The predicted octanol–water partition coefficient (Wildman–Crippen LogP) is 3.90. The number of alkyl halides is 2. The SMILES string of the molecule is C=CC(=O)NCC1Cc2ccccc2N(c2ccc(OC(F)F)cc2)C1. The molecule has 0 radical (unpaired) electrons. The summed E-state index contributed by atoms with van der Waals surface area (Å²) in [6.07, 6.45) is 2.12. The third kappa shape index (κ3) is 4.20. The van der Waals surface area contributed by atoms with Crippen molar-refractivity contribution in [2.75, 3.05) is 18.0 Å². The first-order valence-corrected chi connectivity index (χ1v) is 8.37. The maximum absolute atomic E-state index is 12.3. The van der Waals surface area contributed by atoms with Crippen LogP contribution in [0.4, 0.5) is 20.2 Å². The van der Waals surface area contributed by atoms with Crippen LogP contribution in [0.2, 0.25) is 0 Å². The van der Waals surface area contributed by atoms with Crippen molar-refractivity contribution in [3.05, 3.63) is 66.7 Å². The van der Waals surface area contributed by atoms with E-state index in [1.165, 1.54) is 23.8 Å². The highest BCUT2D eigenvalue weighted by Gasteiger charge is 2.25. The number of para-hydroxylation sites is 1. The standard InChI is InChI=1S/C20H20F2N2O2/c1-2-19(25)23-12-14-11-15-5-3-4-6-18(15)24(13-14)16-7-9-17(10-8-16)26-20(21)22/h2-10,14,20H,1,11-13H2,(H,23,25). The van der Waals surface area contributed by atoms with Gasteiger partial charge < -0.3 is 15.0 Å². The monoisotopic (exact) mass is 358 g/mol. The van der Waals surface area contributed by atoms with Crippen LogP contribution in [0.15, 0.2) is 61.2 Å². The van der Waals surface area contributed by atoms with Crippen LogP contribution in [0.25, 0.3) is 0 Å². The van der Waals surface area contributed by atoms with E-state index in [4.69, 9.17) is 0 Å². The lowest BCUT2D eigenvalue weighted by Crippen LogP contribution is -2.38. The molecule has 1 atom stereocenters. The van der Waals surface area contributed by atoms with Gasteiger partial charge in [0.15, 0.2) is 0 Å². The normalized spacial score (nSPS) is 16.1. The van der Waals surface area contributed by atoms with Crippen molar-refractivity contribution >= 4 is 17.3 Å². The summed E-state index contributed by atoms with van der Waals surface area (Å²) in [4.78, 5) is 13.6. The van der Waals surface area contributed by atoms with Crippen molar-refractivity contribution in [1.82, 2.24) is 5.32 Å². The number of amides is 1. The molecule has 3 rings (SSSR count). The molecular formula is C20H20F2N2O2. The number of nitrogens with zero attached hydrogens (tertiary/aromatic N) is 1. The van der Waals surface area contributed by atoms with Crippen LogP contribution in [0.1, 0.15) is 5.56 Å². The molecule has 4 nitrogen and oxygen atoms in total. The summed E-state index contributed by atoms with van der Waals surface area (Å²) in [5, 5.41) is 2.85. The summed E-state index contributed by atoms with van der Waals surface area (Å²) in [5.41, 5.74) is 3.16. The van der Waals surface area contributed by atoms with E-state index >= 15 is 0 Å². The molecule has 1 N–H and O–H groups in total. The number of hydrogen-bond donors (Lipinski definition) is 1. The minimum atomic E-state index is -2.84. The van der Waals surface area contributed by atoms with Crippen LogP contribution in [-0.4, -0.2) is 25.6 Å². The van der Waals surface area contributed by atoms with Crippen molar-refractivity contribution in [3.63, 3.8) is 0 Å². The van der Waals surface area contributed by atoms with Crippen molar-refractivity contribution < 1.29 is 18.3 Å². The van der Waals surface area contributed by atoms with Gasteiger partial charge in [-0.25, -0.2) is 0 Å².